The molecule has 2 N–H and O–H groups in total. The fourth-order valence-electron chi connectivity index (χ4n) is 7.35. The second kappa shape index (κ2) is 22.5. The zero-order valence-electron chi connectivity index (χ0n) is 34.9. The molecule has 1 heterocycles. The van der Waals surface area contributed by atoms with Gasteiger partial charge in [-0.05, 0) is 53.8 Å². The fourth-order valence-corrected chi connectivity index (χ4v) is 7.68. The van der Waals surface area contributed by atoms with Crippen molar-refractivity contribution in [3.05, 3.63) is 93.0 Å². The van der Waals surface area contributed by atoms with Gasteiger partial charge in [0.25, 0.3) is 0 Å². The van der Waals surface area contributed by atoms with Crippen LogP contribution < -0.4 is 15.4 Å². The average molecular weight is 895 g/mol. The van der Waals surface area contributed by atoms with E-state index in [-0.39, 0.29) is 71.0 Å². The number of esters is 1. The Kier molecular flexibility index (Phi) is 18.1. The predicted octanol–water partition coefficient (Wildman–Crippen LogP) is 7.38. The van der Waals surface area contributed by atoms with Crippen molar-refractivity contribution in [3.8, 4) is 11.8 Å². The molecule has 332 valence electrons. The summed E-state index contributed by atoms with van der Waals surface area (Å²) >= 11 is 12.5. The summed E-state index contributed by atoms with van der Waals surface area (Å²) in [5, 5.41) is 16.9. The van der Waals surface area contributed by atoms with E-state index in [9.17, 15) is 19.6 Å². The van der Waals surface area contributed by atoms with E-state index in [2.05, 4.69) is 16.7 Å². The number of benzene rings is 3. The first-order valence-corrected chi connectivity index (χ1v) is 20.1. The Bertz CT molecular complexity index is 2030. The molecule has 1 amide bonds. The van der Waals surface area contributed by atoms with Gasteiger partial charge in [0.2, 0.25) is 12.2 Å². The Labute approximate surface area is 363 Å². The van der Waals surface area contributed by atoms with E-state index in [1.807, 2.05) is 20.8 Å². The second-order valence-corrected chi connectivity index (χ2v) is 16.0. The molecule has 1 unspecified atom stereocenters. The van der Waals surface area contributed by atoms with Gasteiger partial charge in [0, 0.05) is 36.6 Å². The molecule has 4 atom stereocenters. The molecule has 61 heavy (non-hydrogen) atoms. The number of carbonyl (C=O) groups is 3. The highest BCUT2D eigenvalue weighted by Crippen LogP contribution is 2.57. The molecule has 0 aliphatic carbocycles. The van der Waals surface area contributed by atoms with E-state index in [4.69, 9.17) is 61.1 Å². The minimum atomic E-state index is -1.87. The number of carbonyl (C=O) groups excluding carboxylic acids is 3. The van der Waals surface area contributed by atoms with Gasteiger partial charge in [0.15, 0.2) is 0 Å². The molecular weight excluding hydrogens is 843 g/mol. The molecule has 14 nitrogen and oxygen atoms in total. The Hall–Kier alpha value is -4.60. The number of amides is 1. The topological polar surface area (TPSA) is 173 Å². The summed E-state index contributed by atoms with van der Waals surface area (Å²) in [7, 11) is 2.90. The lowest BCUT2D eigenvalue weighted by Crippen LogP contribution is -2.58. The van der Waals surface area contributed by atoms with Crippen molar-refractivity contribution in [2.45, 2.75) is 57.3 Å². The van der Waals surface area contributed by atoms with E-state index in [1.54, 1.807) is 7.11 Å². The third-order valence-electron chi connectivity index (χ3n) is 9.76. The summed E-state index contributed by atoms with van der Waals surface area (Å²) in [6.45, 7) is 8.98. The number of nitrogens with one attached hydrogen (secondary N) is 2. The fraction of sp³-hybridized carbons (Fsp3) is 0.488. The average Bonchev–Trinajstić information content (AvgIpc) is 3.52. The number of nitrogens with zero attached hydrogens (tertiary/aromatic N) is 1. The van der Waals surface area contributed by atoms with Crippen molar-refractivity contribution in [2.24, 2.45) is 5.41 Å². The third-order valence-corrected chi connectivity index (χ3v) is 10.3. The smallest absolute Gasteiger partial charge is 0.495 e. The van der Waals surface area contributed by atoms with E-state index in [0.29, 0.717) is 33.0 Å². The summed E-state index contributed by atoms with van der Waals surface area (Å²) in [6, 6.07) is 13.1. The SMILES string of the molecule is COCCOCCOCCOCCOC(=O)OC(C)OC(=O)c1ccc(NC(=O)[C@@H]2NC[C@](C#N)(c3ccc(Cl)cc3F)[C@@]2(CC(C)(C)C)c2cccc(Cl)c2F)c(OC)c1. The molecule has 0 spiro atoms. The van der Waals surface area contributed by atoms with Crippen molar-refractivity contribution in [1.82, 2.24) is 5.32 Å². The van der Waals surface area contributed by atoms with Crippen LogP contribution in [0.1, 0.15) is 55.6 Å². The van der Waals surface area contributed by atoms with Gasteiger partial charge in [-0.1, -0.05) is 62.2 Å². The van der Waals surface area contributed by atoms with Gasteiger partial charge in [-0.2, -0.15) is 5.26 Å². The van der Waals surface area contributed by atoms with Crippen molar-refractivity contribution in [2.75, 3.05) is 78.9 Å². The van der Waals surface area contributed by atoms with Crippen LogP contribution in [0, 0.1) is 28.4 Å². The van der Waals surface area contributed by atoms with Crippen LogP contribution in [0.2, 0.25) is 10.0 Å². The third kappa shape index (κ3) is 12.3. The molecule has 0 bridgehead atoms. The van der Waals surface area contributed by atoms with E-state index >= 15 is 8.78 Å². The first kappa shape index (κ1) is 49.1. The van der Waals surface area contributed by atoms with Crippen molar-refractivity contribution < 1.29 is 61.1 Å². The summed E-state index contributed by atoms with van der Waals surface area (Å²) in [6.07, 6.45) is -2.44. The van der Waals surface area contributed by atoms with Crippen LogP contribution in [-0.4, -0.2) is 104 Å². The lowest BCUT2D eigenvalue weighted by atomic mass is 9.52. The van der Waals surface area contributed by atoms with Gasteiger partial charge in [-0.25, -0.2) is 18.4 Å². The highest BCUT2D eigenvalue weighted by atomic mass is 35.5. The van der Waals surface area contributed by atoms with Gasteiger partial charge in [0.05, 0.1) is 81.7 Å². The summed E-state index contributed by atoms with van der Waals surface area (Å²) in [5.74, 6) is -3.26. The maximum absolute atomic E-state index is 16.4. The zero-order valence-corrected chi connectivity index (χ0v) is 36.4. The number of hydrogen-bond acceptors (Lipinski definition) is 13. The molecular formula is C43H51Cl2F2N3O11. The molecule has 3 aromatic rings. The highest BCUT2D eigenvalue weighted by Gasteiger charge is 2.67. The lowest BCUT2D eigenvalue weighted by molar-refractivity contribution is -0.119. The molecule has 4 rings (SSSR count). The maximum Gasteiger partial charge on any atom is 0.511 e. The quantitative estimate of drug-likeness (QED) is 0.0617. The van der Waals surface area contributed by atoms with E-state index in [1.165, 1.54) is 62.6 Å². The Morgan fingerprint density at radius 2 is 1.56 bits per heavy atom. The minimum absolute atomic E-state index is 0.00395. The molecule has 0 saturated carbocycles. The Balaban J connectivity index is 1.47. The lowest BCUT2D eigenvalue weighted by Gasteiger charge is -2.47. The van der Waals surface area contributed by atoms with E-state index < -0.39 is 58.2 Å². The highest BCUT2D eigenvalue weighted by molar-refractivity contribution is 6.31. The van der Waals surface area contributed by atoms with Crippen LogP contribution in [-0.2, 0) is 48.8 Å². The molecule has 18 heteroatoms. The number of halogens is 4. The van der Waals surface area contributed by atoms with Crippen LogP contribution in [0.4, 0.5) is 19.3 Å². The van der Waals surface area contributed by atoms with Gasteiger partial charge >= 0.3 is 12.1 Å². The van der Waals surface area contributed by atoms with Gasteiger partial charge in [-0.3, -0.25) is 4.79 Å². The monoisotopic (exact) mass is 893 g/mol. The van der Waals surface area contributed by atoms with Crippen molar-refractivity contribution in [3.63, 3.8) is 0 Å². The Morgan fingerprint density at radius 1 is 0.902 bits per heavy atom. The largest absolute Gasteiger partial charge is 0.511 e. The number of anilines is 1. The van der Waals surface area contributed by atoms with Crippen LogP contribution in [0.15, 0.2) is 54.6 Å². The predicted molar refractivity (Wildman–Crippen MR) is 221 cm³/mol. The molecule has 1 fully saturated rings. The second-order valence-electron chi connectivity index (χ2n) is 15.2. The number of rotatable bonds is 21. The molecule has 1 saturated heterocycles. The normalized spacial score (nSPS) is 19.1. The van der Waals surface area contributed by atoms with Crippen LogP contribution in [0.25, 0.3) is 0 Å². The van der Waals surface area contributed by atoms with Crippen molar-refractivity contribution in [1.29, 1.82) is 5.26 Å². The molecule has 0 radical (unpaired) electrons. The number of hydrogen-bond donors (Lipinski definition) is 2. The standard InChI is InChI=1S/C43H51Cl2F2N3O11/c1-27(61-40(53)59-21-20-58-19-18-57-17-16-56-15-14-54-5)60-39(52)28-10-13-34(35(22-28)55-6)50-38(51)37-43(24-41(2,3)4,31-8-7-9-32(45)36(31)47)42(25-48,26-49-37)30-12-11-29(44)23-33(30)46/h7-13,22-23,27,37,49H,14-21,24,26H2,1-6H3,(H,50,51)/t27?,37-,42+,43-/m0/s1. The summed E-state index contributed by atoms with van der Waals surface area (Å²) in [5.41, 5.74) is -4.39. The minimum Gasteiger partial charge on any atom is -0.495 e. The van der Waals surface area contributed by atoms with Crippen molar-refractivity contribution >= 4 is 46.9 Å². The van der Waals surface area contributed by atoms with Crippen LogP contribution in [0.3, 0.4) is 0 Å². The van der Waals surface area contributed by atoms with Crippen LogP contribution >= 0.6 is 23.2 Å². The Morgan fingerprint density at radius 3 is 2.16 bits per heavy atom. The molecule has 1 aliphatic heterocycles. The van der Waals surface area contributed by atoms with Gasteiger partial charge in [-0.15, -0.1) is 0 Å². The van der Waals surface area contributed by atoms with Gasteiger partial charge < -0.3 is 48.5 Å². The van der Waals surface area contributed by atoms with E-state index in [0.717, 1.165) is 6.07 Å². The zero-order chi connectivity index (χ0) is 44.8. The molecule has 3 aromatic carbocycles. The number of methoxy groups -OCH3 is 2. The van der Waals surface area contributed by atoms with Gasteiger partial charge in [0.1, 0.15) is 29.4 Å². The summed E-state index contributed by atoms with van der Waals surface area (Å²) in [4.78, 5) is 39.8. The molecule has 1 aliphatic rings. The van der Waals surface area contributed by atoms with Crippen LogP contribution in [0.5, 0.6) is 5.75 Å². The maximum atomic E-state index is 16.4. The molecule has 0 aromatic heterocycles. The number of ether oxygens (including phenoxy) is 8. The first-order chi connectivity index (χ1) is 29.0. The summed E-state index contributed by atoms with van der Waals surface area (Å²) < 4.78 is 74.1. The first-order valence-electron chi connectivity index (χ1n) is 19.3. The number of nitriles is 1.